The molecule has 0 aliphatic heterocycles. The van der Waals surface area contributed by atoms with Crippen LogP contribution in [0.2, 0.25) is 5.02 Å². The van der Waals surface area contributed by atoms with Gasteiger partial charge in [0, 0.05) is 18.5 Å². The Hall–Kier alpha value is -1.96. The van der Waals surface area contributed by atoms with Crippen molar-refractivity contribution in [2.45, 2.75) is 18.2 Å². The van der Waals surface area contributed by atoms with E-state index < -0.39 is 15.7 Å². The van der Waals surface area contributed by atoms with Crippen LogP contribution in [0.5, 0.6) is 0 Å². The number of amides is 1. The van der Waals surface area contributed by atoms with Crippen LogP contribution >= 0.6 is 22.9 Å². The molecule has 0 spiro atoms. The van der Waals surface area contributed by atoms with Gasteiger partial charge in [-0.2, -0.15) is 4.99 Å². The second-order valence-corrected chi connectivity index (χ2v) is 9.38. The molecule has 0 radical (unpaired) electrons. The third-order valence-electron chi connectivity index (χ3n) is 4.06. The van der Waals surface area contributed by atoms with E-state index in [0.717, 1.165) is 15.8 Å². The molecule has 0 N–H and O–H groups in total. The van der Waals surface area contributed by atoms with E-state index in [1.807, 2.05) is 30.7 Å². The summed E-state index contributed by atoms with van der Waals surface area (Å²) in [6.07, 6.45) is -0.161. The van der Waals surface area contributed by atoms with Crippen molar-refractivity contribution in [1.29, 1.82) is 0 Å². The predicted octanol–water partition coefficient (Wildman–Crippen LogP) is 3.49. The molecule has 0 fully saturated rings. The minimum Gasteiger partial charge on any atom is -0.319 e. The first-order chi connectivity index (χ1) is 12.3. The number of hydrogen-bond donors (Lipinski definition) is 0. The Morgan fingerprint density at radius 2 is 1.88 bits per heavy atom. The zero-order chi connectivity index (χ0) is 18.9. The van der Waals surface area contributed by atoms with Gasteiger partial charge in [0.15, 0.2) is 14.6 Å². The average Bonchev–Trinajstić information content (AvgIpc) is 2.94. The highest BCUT2D eigenvalue weighted by atomic mass is 35.5. The lowest BCUT2D eigenvalue weighted by Gasteiger charge is -2.03. The number of thiazole rings is 1. The van der Waals surface area contributed by atoms with Gasteiger partial charge in [-0.1, -0.05) is 41.1 Å². The molecule has 1 aromatic heterocycles. The fourth-order valence-corrected chi connectivity index (χ4v) is 5.14. The first-order valence-electron chi connectivity index (χ1n) is 7.89. The molecule has 1 heterocycles. The zero-order valence-electron chi connectivity index (χ0n) is 14.3. The second kappa shape index (κ2) is 7.34. The molecule has 0 bridgehead atoms. The minimum absolute atomic E-state index is 0.161. The lowest BCUT2D eigenvalue weighted by atomic mass is 10.2. The molecule has 0 saturated carbocycles. The largest absolute Gasteiger partial charge is 0.319 e. The third kappa shape index (κ3) is 3.75. The molecule has 0 aliphatic rings. The van der Waals surface area contributed by atoms with Crippen LogP contribution in [0.15, 0.2) is 52.4 Å². The molecule has 8 heteroatoms. The SMILES string of the molecule is Cc1c(Cl)ccc2sc(=NC(=O)CCS(=O)(=O)c3ccccc3)n(C)c12. The van der Waals surface area contributed by atoms with Crippen molar-refractivity contribution < 1.29 is 13.2 Å². The van der Waals surface area contributed by atoms with Gasteiger partial charge in [0.25, 0.3) is 0 Å². The maximum absolute atomic E-state index is 12.3. The summed E-state index contributed by atoms with van der Waals surface area (Å²) in [5.41, 5.74) is 1.84. The standard InChI is InChI=1S/C18H17ClN2O3S2/c1-12-14(19)8-9-15-17(12)21(2)18(25-15)20-16(22)10-11-26(23,24)13-6-4-3-5-7-13/h3-9H,10-11H2,1-2H3. The van der Waals surface area contributed by atoms with Crippen LogP contribution in [-0.2, 0) is 21.7 Å². The number of benzene rings is 2. The summed E-state index contributed by atoms with van der Waals surface area (Å²) < 4.78 is 27.3. The number of carbonyl (C=O) groups excluding carboxylic acids is 1. The molecule has 5 nitrogen and oxygen atoms in total. The van der Waals surface area contributed by atoms with Gasteiger partial charge >= 0.3 is 0 Å². The van der Waals surface area contributed by atoms with Crippen LogP contribution in [0.4, 0.5) is 0 Å². The van der Waals surface area contributed by atoms with Gasteiger partial charge in [-0.05, 0) is 36.8 Å². The van der Waals surface area contributed by atoms with Gasteiger partial charge in [0.05, 0.1) is 20.9 Å². The highest BCUT2D eigenvalue weighted by Crippen LogP contribution is 2.26. The van der Waals surface area contributed by atoms with Gasteiger partial charge in [0.2, 0.25) is 5.91 Å². The highest BCUT2D eigenvalue weighted by molar-refractivity contribution is 7.91. The summed E-state index contributed by atoms with van der Waals surface area (Å²) in [4.78, 5) is 17.0. The van der Waals surface area contributed by atoms with Crippen LogP contribution in [0.3, 0.4) is 0 Å². The average molecular weight is 409 g/mol. The quantitative estimate of drug-likeness (QED) is 0.663. The van der Waals surface area contributed by atoms with E-state index in [9.17, 15) is 13.2 Å². The monoisotopic (exact) mass is 408 g/mol. The summed E-state index contributed by atoms with van der Waals surface area (Å²) in [6, 6.07) is 11.8. The summed E-state index contributed by atoms with van der Waals surface area (Å²) in [7, 11) is -1.68. The van der Waals surface area contributed by atoms with Gasteiger partial charge in [-0.15, -0.1) is 0 Å². The van der Waals surface area contributed by atoms with E-state index in [2.05, 4.69) is 4.99 Å². The summed E-state index contributed by atoms with van der Waals surface area (Å²) >= 11 is 7.53. The maximum atomic E-state index is 12.3. The molecule has 0 aliphatic carbocycles. The lowest BCUT2D eigenvalue weighted by molar-refractivity contribution is -0.117. The van der Waals surface area contributed by atoms with Crippen molar-refractivity contribution in [3.63, 3.8) is 0 Å². The second-order valence-electron chi connectivity index (χ2n) is 5.85. The molecule has 26 heavy (non-hydrogen) atoms. The predicted molar refractivity (Wildman–Crippen MR) is 104 cm³/mol. The Morgan fingerprint density at radius 1 is 1.19 bits per heavy atom. The number of fused-ring (bicyclic) bond motifs is 1. The van der Waals surface area contributed by atoms with Gasteiger partial charge in [-0.25, -0.2) is 8.42 Å². The molecular weight excluding hydrogens is 392 g/mol. The fourth-order valence-electron chi connectivity index (χ4n) is 2.64. The number of sulfone groups is 1. The summed E-state index contributed by atoms with van der Waals surface area (Å²) in [5, 5.41) is 0.651. The summed E-state index contributed by atoms with van der Waals surface area (Å²) in [5.74, 6) is -0.728. The minimum atomic E-state index is -3.50. The van der Waals surface area contributed by atoms with E-state index in [1.54, 1.807) is 18.2 Å². The molecule has 0 unspecified atom stereocenters. The Morgan fingerprint density at radius 3 is 2.58 bits per heavy atom. The number of halogens is 1. The number of hydrogen-bond acceptors (Lipinski definition) is 4. The molecule has 2 aromatic carbocycles. The van der Waals surface area contributed by atoms with Gasteiger partial charge < -0.3 is 4.57 Å². The number of nitrogens with zero attached hydrogens (tertiary/aromatic N) is 2. The van der Waals surface area contributed by atoms with E-state index >= 15 is 0 Å². The Labute approximate surface area is 160 Å². The normalized spacial score (nSPS) is 12.7. The number of aryl methyl sites for hydroxylation is 2. The van der Waals surface area contributed by atoms with Crippen LogP contribution < -0.4 is 4.80 Å². The van der Waals surface area contributed by atoms with Crippen LogP contribution in [0.25, 0.3) is 10.2 Å². The molecule has 136 valence electrons. The van der Waals surface area contributed by atoms with Gasteiger partial charge in [0.1, 0.15) is 0 Å². The molecule has 0 saturated heterocycles. The zero-order valence-corrected chi connectivity index (χ0v) is 16.7. The summed E-state index contributed by atoms with van der Waals surface area (Å²) in [6.45, 7) is 1.91. The first kappa shape index (κ1) is 18.8. The fraction of sp³-hybridized carbons (Fsp3) is 0.222. The van der Waals surface area contributed by atoms with Crippen LogP contribution in [-0.4, -0.2) is 24.6 Å². The van der Waals surface area contributed by atoms with Crippen molar-refractivity contribution in [2.24, 2.45) is 12.0 Å². The van der Waals surface area contributed by atoms with E-state index in [1.165, 1.54) is 23.5 Å². The Kier molecular flexibility index (Phi) is 5.32. The van der Waals surface area contributed by atoms with Crippen molar-refractivity contribution >= 4 is 48.9 Å². The van der Waals surface area contributed by atoms with Crippen molar-refractivity contribution in [3.05, 3.63) is 57.9 Å². The Balaban J connectivity index is 1.85. The van der Waals surface area contributed by atoms with Crippen molar-refractivity contribution in [2.75, 3.05) is 5.75 Å². The number of aromatic nitrogens is 1. The first-order valence-corrected chi connectivity index (χ1v) is 10.7. The van der Waals surface area contributed by atoms with Crippen molar-refractivity contribution in [1.82, 2.24) is 4.57 Å². The molecule has 0 atom stereocenters. The third-order valence-corrected chi connectivity index (χ3v) is 7.30. The van der Waals surface area contributed by atoms with E-state index in [4.69, 9.17) is 11.6 Å². The maximum Gasteiger partial charge on any atom is 0.249 e. The highest BCUT2D eigenvalue weighted by Gasteiger charge is 2.16. The lowest BCUT2D eigenvalue weighted by Crippen LogP contribution is -2.16. The van der Waals surface area contributed by atoms with Crippen LogP contribution in [0.1, 0.15) is 12.0 Å². The molecule has 3 aromatic rings. The number of carbonyl (C=O) groups is 1. The molecular formula is C18H17ClN2O3S2. The number of rotatable bonds is 4. The smallest absolute Gasteiger partial charge is 0.249 e. The Bertz CT molecular complexity index is 1150. The van der Waals surface area contributed by atoms with E-state index in [-0.39, 0.29) is 17.1 Å². The van der Waals surface area contributed by atoms with Crippen LogP contribution in [0, 0.1) is 6.92 Å². The molecule has 1 amide bonds. The topological polar surface area (TPSA) is 68.5 Å². The molecule has 3 rings (SSSR count). The van der Waals surface area contributed by atoms with E-state index in [0.29, 0.717) is 9.82 Å². The van der Waals surface area contributed by atoms with Crippen molar-refractivity contribution in [3.8, 4) is 0 Å². The van der Waals surface area contributed by atoms with Gasteiger partial charge in [-0.3, -0.25) is 4.79 Å².